The molecule has 1 fully saturated rings. The highest BCUT2D eigenvalue weighted by molar-refractivity contribution is 8.16. The van der Waals surface area contributed by atoms with Crippen LogP contribution in [0.3, 0.4) is 0 Å². The van der Waals surface area contributed by atoms with Crippen molar-refractivity contribution in [3.63, 3.8) is 0 Å². The van der Waals surface area contributed by atoms with Crippen LogP contribution in [0.1, 0.15) is 6.42 Å². The average Bonchev–Trinajstić information content (AvgIpc) is 3.51. The van der Waals surface area contributed by atoms with Gasteiger partial charge >= 0.3 is 5.97 Å². The van der Waals surface area contributed by atoms with E-state index in [9.17, 15) is 18.0 Å². The van der Waals surface area contributed by atoms with E-state index in [1.165, 1.54) is 18.1 Å². The number of methoxy groups -OCH3 is 1. The van der Waals surface area contributed by atoms with Crippen molar-refractivity contribution < 1.29 is 22.7 Å². The van der Waals surface area contributed by atoms with Gasteiger partial charge in [-0.1, -0.05) is 35.5 Å². The molecule has 12 heteroatoms. The first kappa shape index (κ1) is 26.0. The molecule has 3 aliphatic heterocycles. The van der Waals surface area contributed by atoms with Crippen LogP contribution in [0.2, 0.25) is 5.02 Å². The van der Waals surface area contributed by atoms with Crippen molar-refractivity contribution in [1.29, 1.82) is 0 Å². The number of hydrogen-bond donors (Lipinski definition) is 0. The first-order chi connectivity index (χ1) is 17.7. The lowest BCUT2D eigenvalue weighted by atomic mass is 10.1. The molecule has 1 atom stereocenters. The third kappa shape index (κ3) is 5.50. The van der Waals surface area contributed by atoms with E-state index < -0.39 is 21.8 Å². The van der Waals surface area contributed by atoms with E-state index >= 15 is 0 Å². The second kappa shape index (κ2) is 10.6. The molecular formula is C25H27ClN4O5S2. The standard InChI is InChI=1S/C25H27ClN4O5S2/c1-35-24(32)22-15-28(14-20-16-36-25-27-7-8-29(20)25)9-10-30(22)23(31)6-11-37(33,34)21-5-3-17-12-19(26)4-2-18(17)13-21/h2-5,12-13,16,22H,6-11,14-15H2,1H3. The van der Waals surface area contributed by atoms with Crippen LogP contribution >= 0.6 is 23.4 Å². The Hall–Kier alpha value is -2.60. The van der Waals surface area contributed by atoms with Gasteiger partial charge in [0, 0.05) is 49.9 Å². The van der Waals surface area contributed by atoms with E-state index in [0.717, 1.165) is 34.7 Å². The Morgan fingerprint density at radius 1 is 1.14 bits per heavy atom. The van der Waals surface area contributed by atoms with Crippen LogP contribution in [0.15, 0.2) is 57.4 Å². The average molecular weight is 563 g/mol. The van der Waals surface area contributed by atoms with Crippen LogP contribution in [0.4, 0.5) is 0 Å². The molecule has 1 saturated heterocycles. The van der Waals surface area contributed by atoms with Crippen LogP contribution in [-0.2, 0) is 24.2 Å². The lowest BCUT2D eigenvalue weighted by Crippen LogP contribution is -2.59. The first-order valence-electron chi connectivity index (χ1n) is 11.9. The van der Waals surface area contributed by atoms with Crippen LogP contribution in [0.25, 0.3) is 10.8 Å². The number of nitrogens with zero attached hydrogens (tertiary/aromatic N) is 4. The summed E-state index contributed by atoms with van der Waals surface area (Å²) < 4.78 is 31.0. The van der Waals surface area contributed by atoms with Crippen molar-refractivity contribution in [2.24, 2.45) is 4.99 Å². The van der Waals surface area contributed by atoms with Crippen LogP contribution in [-0.4, -0.2) is 98.3 Å². The Morgan fingerprint density at radius 3 is 2.73 bits per heavy atom. The Bertz CT molecular complexity index is 1410. The minimum Gasteiger partial charge on any atom is -0.467 e. The second-order valence-electron chi connectivity index (χ2n) is 9.13. The number of fused-ring (bicyclic) bond motifs is 2. The molecule has 2 aromatic carbocycles. The molecule has 0 bridgehead atoms. The molecule has 0 radical (unpaired) electrons. The number of aliphatic imine (C=N–C) groups is 1. The number of rotatable bonds is 7. The third-order valence-corrected chi connectivity index (χ3v) is 9.71. The summed E-state index contributed by atoms with van der Waals surface area (Å²) in [4.78, 5) is 36.1. The van der Waals surface area contributed by atoms with Crippen molar-refractivity contribution in [2.75, 3.05) is 52.1 Å². The third-order valence-electron chi connectivity index (χ3n) is 6.81. The van der Waals surface area contributed by atoms with Crippen molar-refractivity contribution in [3.8, 4) is 0 Å². The largest absolute Gasteiger partial charge is 0.467 e. The fraction of sp³-hybridized carbons (Fsp3) is 0.400. The number of carbonyl (C=O) groups is 2. The van der Waals surface area contributed by atoms with Gasteiger partial charge in [0.25, 0.3) is 0 Å². The summed E-state index contributed by atoms with van der Waals surface area (Å²) in [7, 11) is -2.41. The van der Waals surface area contributed by atoms with E-state index in [1.54, 1.807) is 42.1 Å². The first-order valence-corrected chi connectivity index (χ1v) is 14.9. The van der Waals surface area contributed by atoms with Crippen molar-refractivity contribution in [3.05, 3.63) is 52.5 Å². The fourth-order valence-electron chi connectivity index (χ4n) is 4.82. The Labute approximate surface area is 225 Å². The Kier molecular flexibility index (Phi) is 7.49. The van der Waals surface area contributed by atoms with Gasteiger partial charge in [0.05, 0.1) is 24.3 Å². The van der Waals surface area contributed by atoms with Gasteiger partial charge in [-0.3, -0.25) is 14.7 Å². The zero-order valence-corrected chi connectivity index (χ0v) is 22.7. The predicted molar refractivity (Wildman–Crippen MR) is 144 cm³/mol. The number of esters is 1. The number of sulfone groups is 1. The maximum Gasteiger partial charge on any atom is 0.329 e. The number of piperazine rings is 1. The van der Waals surface area contributed by atoms with Crippen molar-refractivity contribution in [1.82, 2.24) is 14.7 Å². The number of benzene rings is 2. The molecule has 1 unspecified atom stereocenters. The molecule has 0 N–H and O–H groups in total. The molecule has 9 nitrogen and oxygen atoms in total. The molecule has 0 spiro atoms. The van der Waals surface area contributed by atoms with E-state index in [4.69, 9.17) is 16.3 Å². The Balaban J connectivity index is 1.23. The van der Waals surface area contributed by atoms with Gasteiger partial charge < -0.3 is 14.5 Å². The molecule has 1 amide bonds. The quantitative estimate of drug-likeness (QED) is 0.475. The van der Waals surface area contributed by atoms with Gasteiger partial charge in [0.15, 0.2) is 15.0 Å². The second-order valence-corrected chi connectivity index (χ2v) is 12.5. The molecule has 0 aliphatic carbocycles. The maximum atomic E-state index is 13.1. The van der Waals surface area contributed by atoms with Crippen molar-refractivity contribution >= 4 is 61.0 Å². The highest BCUT2D eigenvalue weighted by Gasteiger charge is 2.37. The van der Waals surface area contributed by atoms with Gasteiger partial charge in [-0.05, 0) is 40.4 Å². The lowest BCUT2D eigenvalue weighted by Gasteiger charge is -2.40. The van der Waals surface area contributed by atoms with E-state index in [2.05, 4.69) is 20.2 Å². The van der Waals surface area contributed by atoms with Gasteiger partial charge in [-0.15, -0.1) is 0 Å². The number of amidine groups is 1. The smallest absolute Gasteiger partial charge is 0.329 e. The summed E-state index contributed by atoms with van der Waals surface area (Å²) >= 11 is 7.62. The Morgan fingerprint density at radius 2 is 1.92 bits per heavy atom. The number of halogens is 1. The normalized spacial score (nSPS) is 20.1. The summed E-state index contributed by atoms with van der Waals surface area (Å²) in [5, 5.41) is 5.24. The summed E-state index contributed by atoms with van der Waals surface area (Å²) in [5.41, 5.74) is 1.13. The molecule has 2 aromatic rings. The van der Waals surface area contributed by atoms with Gasteiger partial charge in [-0.25, -0.2) is 13.2 Å². The molecule has 37 heavy (non-hydrogen) atoms. The number of carbonyl (C=O) groups excluding carboxylic acids is 2. The molecule has 0 aromatic heterocycles. The highest BCUT2D eigenvalue weighted by Crippen LogP contribution is 2.30. The topological polar surface area (TPSA) is 99.6 Å². The van der Waals surface area contributed by atoms with E-state index in [0.29, 0.717) is 31.2 Å². The summed E-state index contributed by atoms with van der Waals surface area (Å²) in [6.07, 6.45) is -0.218. The number of ether oxygens (including phenoxy) is 1. The molecule has 0 saturated carbocycles. The van der Waals surface area contributed by atoms with Crippen LogP contribution in [0, 0.1) is 0 Å². The predicted octanol–water partition coefficient (Wildman–Crippen LogP) is 2.60. The zero-order valence-electron chi connectivity index (χ0n) is 20.3. The summed E-state index contributed by atoms with van der Waals surface area (Å²) in [5.74, 6) is -1.23. The minimum absolute atomic E-state index is 0.150. The van der Waals surface area contributed by atoms with Crippen LogP contribution < -0.4 is 0 Å². The number of thioether (sulfide) groups is 1. The molecule has 196 valence electrons. The number of hydrogen-bond acceptors (Lipinski definition) is 9. The van der Waals surface area contributed by atoms with E-state index in [-0.39, 0.29) is 23.0 Å². The van der Waals surface area contributed by atoms with Gasteiger partial charge in [0.2, 0.25) is 5.91 Å². The van der Waals surface area contributed by atoms with Crippen molar-refractivity contribution in [2.45, 2.75) is 17.4 Å². The minimum atomic E-state index is -3.71. The lowest BCUT2D eigenvalue weighted by molar-refractivity contribution is -0.156. The molecule has 3 aliphatic rings. The molecule has 5 rings (SSSR count). The highest BCUT2D eigenvalue weighted by atomic mass is 35.5. The van der Waals surface area contributed by atoms with Gasteiger partial charge in [-0.2, -0.15) is 0 Å². The van der Waals surface area contributed by atoms with E-state index in [1.807, 2.05) is 0 Å². The summed E-state index contributed by atoms with van der Waals surface area (Å²) in [6.45, 7) is 3.48. The molecular weight excluding hydrogens is 536 g/mol. The van der Waals surface area contributed by atoms with Crippen LogP contribution in [0.5, 0.6) is 0 Å². The fourth-order valence-corrected chi connectivity index (χ4v) is 7.21. The monoisotopic (exact) mass is 562 g/mol. The summed E-state index contributed by atoms with van der Waals surface area (Å²) in [6, 6.07) is 9.27. The maximum absolute atomic E-state index is 13.1. The SMILES string of the molecule is COC(=O)C1CN(CC2=CSC3=NCCN23)CCN1C(=O)CCS(=O)(=O)c1ccc2cc(Cl)ccc2c1. The molecule has 3 heterocycles. The zero-order chi connectivity index (χ0) is 26.2. The number of amides is 1. The van der Waals surface area contributed by atoms with Gasteiger partial charge in [0.1, 0.15) is 6.04 Å².